The minimum atomic E-state index is -0.352. The molecule has 1 aliphatic heterocycles. The van der Waals surface area contributed by atoms with Crippen molar-refractivity contribution in [2.75, 3.05) is 13.7 Å². The first-order chi connectivity index (χ1) is 11.1. The molecule has 1 unspecified atom stereocenters. The Morgan fingerprint density at radius 1 is 1.26 bits per heavy atom. The van der Waals surface area contributed by atoms with Crippen molar-refractivity contribution < 1.29 is 14.3 Å². The molecular weight excluding hydrogens is 292 g/mol. The molecule has 0 spiro atoms. The third kappa shape index (κ3) is 2.83. The molecule has 1 aliphatic rings. The van der Waals surface area contributed by atoms with Gasteiger partial charge in [-0.25, -0.2) is 4.79 Å². The molecule has 5 heteroatoms. The van der Waals surface area contributed by atoms with Crippen LogP contribution in [0.3, 0.4) is 0 Å². The Bertz CT molecular complexity index is 735. The van der Waals surface area contributed by atoms with Gasteiger partial charge in [-0.2, -0.15) is 0 Å². The predicted molar refractivity (Wildman–Crippen MR) is 87.3 cm³/mol. The number of amides is 1. The van der Waals surface area contributed by atoms with E-state index in [0.717, 1.165) is 37.0 Å². The monoisotopic (exact) mass is 314 g/mol. The number of aromatic nitrogens is 1. The van der Waals surface area contributed by atoms with Gasteiger partial charge < -0.3 is 14.0 Å². The fourth-order valence-electron chi connectivity index (χ4n) is 3.35. The number of hydrogen-bond acceptors (Lipinski definition) is 3. The quantitative estimate of drug-likeness (QED) is 0.818. The van der Waals surface area contributed by atoms with Gasteiger partial charge in [-0.15, -0.1) is 0 Å². The molecule has 1 fully saturated rings. The van der Waals surface area contributed by atoms with Crippen LogP contribution in [0.4, 0.5) is 0 Å². The smallest absolute Gasteiger partial charge is 0.340 e. The summed E-state index contributed by atoms with van der Waals surface area (Å²) in [5.41, 5.74) is 2.29. The lowest BCUT2D eigenvalue weighted by Gasteiger charge is -2.28. The first kappa shape index (κ1) is 15.6. The maximum absolute atomic E-state index is 12.4. The first-order valence-electron chi connectivity index (χ1n) is 8.11. The number of hydrogen-bond donors (Lipinski definition) is 0. The van der Waals surface area contributed by atoms with Gasteiger partial charge in [-0.1, -0.05) is 12.5 Å². The highest BCUT2D eigenvalue weighted by Crippen LogP contribution is 2.28. The van der Waals surface area contributed by atoms with Gasteiger partial charge in [0.05, 0.1) is 24.2 Å². The molecule has 3 rings (SSSR count). The minimum absolute atomic E-state index is 0.0751. The molecule has 0 saturated carbocycles. The summed E-state index contributed by atoms with van der Waals surface area (Å²) in [5, 5.41) is 0. The molecule has 2 aromatic rings. The minimum Gasteiger partial charge on any atom is -0.465 e. The summed E-state index contributed by atoms with van der Waals surface area (Å²) in [6.45, 7) is 2.80. The molecular formula is C18H22N2O3. The summed E-state index contributed by atoms with van der Waals surface area (Å²) >= 11 is 0. The van der Waals surface area contributed by atoms with Crippen LogP contribution in [-0.2, 0) is 9.53 Å². The SMILES string of the molecule is COC(=O)c1cc(C(C)N2CCCCCC2=O)n2ccccc12. The predicted octanol–water partition coefficient (Wildman–Crippen LogP) is 3.19. The maximum Gasteiger partial charge on any atom is 0.340 e. The topological polar surface area (TPSA) is 51.0 Å². The van der Waals surface area contributed by atoms with E-state index in [1.807, 2.05) is 46.7 Å². The van der Waals surface area contributed by atoms with Crippen LogP contribution in [0.1, 0.15) is 54.7 Å². The van der Waals surface area contributed by atoms with E-state index in [2.05, 4.69) is 0 Å². The average Bonchev–Trinajstić information content (AvgIpc) is 2.83. The second-order valence-electron chi connectivity index (χ2n) is 6.00. The van der Waals surface area contributed by atoms with E-state index in [9.17, 15) is 9.59 Å². The zero-order valence-electron chi connectivity index (χ0n) is 13.6. The molecule has 0 bridgehead atoms. The van der Waals surface area contributed by atoms with Crippen molar-refractivity contribution in [1.82, 2.24) is 9.30 Å². The molecule has 2 aromatic heterocycles. The Balaban J connectivity index is 2.04. The molecule has 1 amide bonds. The number of esters is 1. The summed E-state index contributed by atoms with van der Waals surface area (Å²) in [5.74, 6) is -0.158. The second-order valence-corrected chi connectivity index (χ2v) is 6.00. The first-order valence-corrected chi connectivity index (χ1v) is 8.11. The maximum atomic E-state index is 12.4. The molecule has 3 heterocycles. The Hall–Kier alpha value is -2.30. The van der Waals surface area contributed by atoms with Crippen molar-refractivity contribution >= 4 is 17.4 Å². The van der Waals surface area contributed by atoms with Gasteiger partial charge in [-0.3, -0.25) is 4.79 Å². The van der Waals surface area contributed by atoms with Gasteiger partial charge in [0.2, 0.25) is 5.91 Å². The number of pyridine rings is 1. The van der Waals surface area contributed by atoms with Gasteiger partial charge in [0.25, 0.3) is 0 Å². The van der Waals surface area contributed by atoms with E-state index in [1.54, 1.807) is 0 Å². The van der Waals surface area contributed by atoms with E-state index in [4.69, 9.17) is 4.74 Å². The van der Waals surface area contributed by atoms with Crippen molar-refractivity contribution in [1.29, 1.82) is 0 Å². The van der Waals surface area contributed by atoms with E-state index in [-0.39, 0.29) is 17.9 Å². The number of methoxy groups -OCH3 is 1. The zero-order valence-corrected chi connectivity index (χ0v) is 13.6. The number of carbonyl (C=O) groups excluding carboxylic acids is 2. The molecule has 0 aromatic carbocycles. The number of likely N-dealkylation sites (tertiary alicyclic amines) is 1. The zero-order chi connectivity index (χ0) is 16.4. The second kappa shape index (κ2) is 6.44. The highest BCUT2D eigenvalue weighted by Gasteiger charge is 2.26. The van der Waals surface area contributed by atoms with Crippen LogP contribution in [0.25, 0.3) is 5.52 Å². The molecule has 23 heavy (non-hydrogen) atoms. The number of fused-ring (bicyclic) bond motifs is 1. The van der Waals surface area contributed by atoms with Gasteiger partial charge in [0.15, 0.2) is 0 Å². The number of ether oxygens (including phenoxy) is 1. The summed E-state index contributed by atoms with van der Waals surface area (Å²) in [6, 6.07) is 7.49. The average molecular weight is 314 g/mol. The van der Waals surface area contributed by atoms with E-state index >= 15 is 0 Å². The van der Waals surface area contributed by atoms with Gasteiger partial charge >= 0.3 is 5.97 Å². The summed E-state index contributed by atoms with van der Waals surface area (Å²) in [7, 11) is 1.39. The standard InChI is InChI=1S/C18H22N2O3/c1-13(19-10-6-3-4-9-17(19)21)16-12-14(18(22)23-2)15-8-5-7-11-20(15)16/h5,7-8,11-13H,3-4,6,9-10H2,1-2H3. The Labute approximate surface area is 135 Å². The third-order valence-electron chi connectivity index (χ3n) is 4.62. The van der Waals surface area contributed by atoms with Crippen LogP contribution in [0, 0.1) is 0 Å². The van der Waals surface area contributed by atoms with Crippen LogP contribution in [0.15, 0.2) is 30.5 Å². The third-order valence-corrected chi connectivity index (χ3v) is 4.62. The van der Waals surface area contributed by atoms with Crippen LogP contribution < -0.4 is 0 Å². The number of rotatable bonds is 3. The molecule has 1 atom stereocenters. The molecule has 5 nitrogen and oxygen atoms in total. The van der Waals surface area contributed by atoms with Gasteiger partial charge in [0, 0.05) is 24.9 Å². The molecule has 0 radical (unpaired) electrons. The van der Waals surface area contributed by atoms with E-state index < -0.39 is 0 Å². The Morgan fingerprint density at radius 2 is 2.09 bits per heavy atom. The van der Waals surface area contributed by atoms with Crippen LogP contribution in [0.2, 0.25) is 0 Å². The van der Waals surface area contributed by atoms with E-state index in [1.165, 1.54) is 7.11 Å². The fourth-order valence-corrected chi connectivity index (χ4v) is 3.35. The molecule has 122 valence electrons. The number of carbonyl (C=O) groups is 2. The summed E-state index contributed by atoms with van der Waals surface area (Å²) in [4.78, 5) is 26.4. The van der Waals surface area contributed by atoms with Gasteiger partial charge in [0.1, 0.15) is 0 Å². The fraction of sp³-hybridized carbons (Fsp3) is 0.444. The Kier molecular flexibility index (Phi) is 4.37. The highest BCUT2D eigenvalue weighted by molar-refractivity contribution is 5.97. The Morgan fingerprint density at radius 3 is 2.87 bits per heavy atom. The lowest BCUT2D eigenvalue weighted by atomic mass is 10.1. The highest BCUT2D eigenvalue weighted by atomic mass is 16.5. The van der Waals surface area contributed by atoms with Crippen molar-refractivity contribution in [3.8, 4) is 0 Å². The largest absolute Gasteiger partial charge is 0.465 e. The van der Waals surface area contributed by atoms with Crippen LogP contribution in [-0.4, -0.2) is 34.8 Å². The van der Waals surface area contributed by atoms with Crippen molar-refractivity contribution in [3.05, 3.63) is 41.7 Å². The molecule has 1 saturated heterocycles. The van der Waals surface area contributed by atoms with Crippen molar-refractivity contribution in [2.45, 2.75) is 38.6 Å². The van der Waals surface area contributed by atoms with Crippen LogP contribution in [0.5, 0.6) is 0 Å². The summed E-state index contributed by atoms with van der Waals surface area (Å²) in [6.07, 6.45) is 5.62. The lowest BCUT2D eigenvalue weighted by Crippen LogP contribution is -2.33. The summed E-state index contributed by atoms with van der Waals surface area (Å²) < 4.78 is 6.87. The van der Waals surface area contributed by atoms with Crippen molar-refractivity contribution in [3.63, 3.8) is 0 Å². The molecule has 0 aliphatic carbocycles. The molecule has 0 N–H and O–H groups in total. The number of nitrogens with zero attached hydrogens (tertiary/aromatic N) is 2. The van der Waals surface area contributed by atoms with Crippen LogP contribution >= 0.6 is 0 Å². The van der Waals surface area contributed by atoms with E-state index in [0.29, 0.717) is 12.0 Å². The normalized spacial score (nSPS) is 17.1. The lowest BCUT2D eigenvalue weighted by molar-refractivity contribution is -0.132. The van der Waals surface area contributed by atoms with Gasteiger partial charge in [-0.05, 0) is 38.0 Å². The van der Waals surface area contributed by atoms with Crippen molar-refractivity contribution in [2.24, 2.45) is 0 Å².